The quantitative estimate of drug-likeness (QED) is 0.0879. The van der Waals surface area contributed by atoms with E-state index >= 15 is 0 Å². The first-order chi connectivity index (χ1) is 27.9. The summed E-state index contributed by atoms with van der Waals surface area (Å²) in [5.41, 5.74) is 10.3. The van der Waals surface area contributed by atoms with Gasteiger partial charge in [0.25, 0.3) is 0 Å². The third kappa shape index (κ3) is 15.6. The Bertz CT molecular complexity index is 2350. The molecule has 2 N–H and O–H groups in total. The normalized spacial score (nSPS) is 12.1. The average molecular weight is 771 g/mol. The number of carboxylic acid groups (broad SMARTS) is 2. The molecule has 9 heteroatoms. The van der Waals surface area contributed by atoms with Crippen LogP contribution in [-0.2, 0) is 28.9 Å². The van der Waals surface area contributed by atoms with Crippen LogP contribution in [0.15, 0.2) is 127 Å². The summed E-state index contributed by atoms with van der Waals surface area (Å²) in [7, 11) is 0. The molecule has 0 amide bonds. The first-order valence-corrected chi connectivity index (χ1v) is 18.4. The van der Waals surface area contributed by atoms with Gasteiger partial charge in [-0.2, -0.15) is 21.0 Å². The molecule has 6 rings (SSSR count). The second-order valence-corrected chi connectivity index (χ2v) is 13.1. The van der Waals surface area contributed by atoms with E-state index in [1.54, 1.807) is 24.3 Å². The first-order valence-electron chi connectivity index (χ1n) is 18.4. The largest absolute Gasteiger partial charge is 0.480 e. The monoisotopic (exact) mass is 770 g/mol. The molecule has 0 saturated carbocycles. The van der Waals surface area contributed by atoms with Gasteiger partial charge in [0.1, 0.15) is 23.8 Å². The molecule has 5 aromatic carbocycles. The van der Waals surface area contributed by atoms with Crippen molar-refractivity contribution in [3.63, 3.8) is 0 Å². The number of carbonyl (C=O) groups is 3. The van der Waals surface area contributed by atoms with Gasteiger partial charge in [-0.3, -0.25) is 9.59 Å². The Morgan fingerprint density at radius 2 is 1.19 bits per heavy atom. The Balaban J connectivity index is 0.000000252. The summed E-state index contributed by atoms with van der Waals surface area (Å²) < 4.78 is 0. The molecule has 0 spiro atoms. The zero-order chi connectivity index (χ0) is 42.9. The second-order valence-electron chi connectivity index (χ2n) is 13.1. The third-order valence-electron chi connectivity index (χ3n) is 9.07. The van der Waals surface area contributed by atoms with Crippen LogP contribution in [0.5, 0.6) is 0 Å². The van der Waals surface area contributed by atoms with Crippen molar-refractivity contribution in [2.75, 3.05) is 0 Å². The van der Waals surface area contributed by atoms with Gasteiger partial charge in [0.15, 0.2) is 0 Å². The van der Waals surface area contributed by atoms with Crippen molar-refractivity contribution in [2.24, 2.45) is 5.92 Å². The van der Waals surface area contributed by atoms with Gasteiger partial charge in [0.2, 0.25) is 0 Å². The lowest BCUT2D eigenvalue weighted by Gasteiger charge is -2.23. The average Bonchev–Trinajstić information content (AvgIpc) is 3.21. The molecule has 1 aliphatic rings. The molecule has 0 fully saturated rings. The third-order valence-corrected chi connectivity index (χ3v) is 9.07. The highest BCUT2D eigenvalue weighted by molar-refractivity contribution is 5.96. The van der Waals surface area contributed by atoms with Crippen LogP contribution in [0, 0.1) is 78.9 Å². The lowest BCUT2D eigenvalue weighted by atomic mass is 9.79. The van der Waals surface area contributed by atoms with Crippen molar-refractivity contribution in [1.82, 2.24) is 0 Å². The number of fused-ring (bicyclic) bond motifs is 1. The van der Waals surface area contributed by atoms with Crippen LogP contribution < -0.4 is 0 Å². The number of carbonyl (C=O) groups excluding carboxylic acids is 1. The SMILES string of the molecule is Cc1ccccc1C=C(C#N)C(=O)O.Cc1ccccc1C=O.Cc1ccccc1CC(C#N)C(=O)O.Cc1ccccc1CCC#N.N#CC1Cc2ccccc21. The van der Waals surface area contributed by atoms with Gasteiger partial charge in [0, 0.05) is 12.0 Å². The van der Waals surface area contributed by atoms with Crippen LogP contribution in [0.2, 0.25) is 0 Å². The molecule has 2 atom stereocenters. The lowest BCUT2D eigenvalue weighted by molar-refractivity contribution is -0.139. The zero-order valence-electron chi connectivity index (χ0n) is 33.1. The number of benzene rings is 5. The molecule has 9 nitrogen and oxygen atoms in total. The molecule has 0 aliphatic heterocycles. The molecule has 0 radical (unpaired) electrons. The molecule has 0 heterocycles. The fourth-order valence-corrected chi connectivity index (χ4v) is 5.47. The highest BCUT2D eigenvalue weighted by Gasteiger charge is 2.24. The zero-order valence-corrected chi connectivity index (χ0v) is 33.1. The number of hydrogen-bond donors (Lipinski definition) is 2. The Hall–Kier alpha value is -7.59. The molecule has 0 aromatic heterocycles. The van der Waals surface area contributed by atoms with E-state index in [-0.39, 0.29) is 17.9 Å². The van der Waals surface area contributed by atoms with Crippen molar-refractivity contribution >= 4 is 24.3 Å². The van der Waals surface area contributed by atoms with Gasteiger partial charge in [-0.05, 0) is 103 Å². The number of aliphatic carboxylic acids is 2. The van der Waals surface area contributed by atoms with E-state index in [0.717, 1.165) is 52.5 Å². The Morgan fingerprint density at radius 3 is 1.62 bits per heavy atom. The molecule has 2 unspecified atom stereocenters. The number of hydrogen-bond acceptors (Lipinski definition) is 7. The van der Waals surface area contributed by atoms with E-state index < -0.39 is 17.9 Å². The van der Waals surface area contributed by atoms with Crippen LogP contribution >= 0.6 is 0 Å². The summed E-state index contributed by atoms with van der Waals surface area (Å²) in [5, 5.41) is 51.5. The molecule has 0 bridgehead atoms. The fraction of sp³-hybridized carbons (Fsp3) is 0.204. The van der Waals surface area contributed by atoms with Crippen LogP contribution in [0.4, 0.5) is 0 Å². The minimum atomic E-state index is -1.20. The maximum atomic E-state index is 10.6. The summed E-state index contributed by atoms with van der Waals surface area (Å²) in [6, 6.07) is 46.4. The van der Waals surface area contributed by atoms with E-state index in [1.807, 2.05) is 112 Å². The van der Waals surface area contributed by atoms with Crippen LogP contribution in [0.3, 0.4) is 0 Å². The number of aldehydes is 1. The number of nitriles is 4. The molecule has 58 heavy (non-hydrogen) atoms. The summed E-state index contributed by atoms with van der Waals surface area (Å²) >= 11 is 0. The number of nitrogens with zero attached hydrogens (tertiary/aromatic N) is 4. The molecule has 0 saturated heterocycles. The minimum absolute atomic E-state index is 0.177. The van der Waals surface area contributed by atoms with Gasteiger partial charge in [-0.1, -0.05) is 121 Å². The van der Waals surface area contributed by atoms with Gasteiger partial charge >= 0.3 is 11.9 Å². The number of carboxylic acids is 2. The maximum Gasteiger partial charge on any atom is 0.346 e. The molecule has 292 valence electrons. The van der Waals surface area contributed by atoms with Crippen molar-refractivity contribution < 1.29 is 24.6 Å². The van der Waals surface area contributed by atoms with E-state index in [1.165, 1.54) is 28.3 Å². The summed E-state index contributed by atoms with van der Waals surface area (Å²) in [4.78, 5) is 31.4. The smallest absolute Gasteiger partial charge is 0.346 e. The van der Waals surface area contributed by atoms with Gasteiger partial charge in [0.05, 0.1) is 24.1 Å². The van der Waals surface area contributed by atoms with E-state index in [2.05, 4.69) is 37.3 Å². The predicted molar refractivity (Wildman–Crippen MR) is 224 cm³/mol. The highest BCUT2D eigenvalue weighted by Crippen LogP contribution is 2.33. The summed E-state index contributed by atoms with van der Waals surface area (Å²) in [6.07, 6.45) is 4.96. The highest BCUT2D eigenvalue weighted by atomic mass is 16.4. The van der Waals surface area contributed by atoms with Crippen LogP contribution in [0.1, 0.15) is 72.8 Å². The number of aryl methyl sites for hydroxylation is 5. The maximum absolute atomic E-state index is 10.6. The van der Waals surface area contributed by atoms with Crippen molar-refractivity contribution in [3.8, 4) is 24.3 Å². The van der Waals surface area contributed by atoms with Gasteiger partial charge in [-0.15, -0.1) is 0 Å². The van der Waals surface area contributed by atoms with Crippen molar-refractivity contribution in [3.05, 3.63) is 183 Å². The van der Waals surface area contributed by atoms with E-state index in [4.69, 9.17) is 31.3 Å². The van der Waals surface area contributed by atoms with Gasteiger partial charge < -0.3 is 10.2 Å². The first kappa shape index (κ1) is 46.6. The Labute approximate surface area is 341 Å². The van der Waals surface area contributed by atoms with Gasteiger partial charge in [-0.25, -0.2) is 4.79 Å². The van der Waals surface area contributed by atoms with Crippen molar-refractivity contribution in [1.29, 1.82) is 21.0 Å². The molecular weight excluding hydrogens is 725 g/mol. The topological polar surface area (TPSA) is 187 Å². The number of rotatable bonds is 8. The predicted octanol–water partition coefficient (Wildman–Crippen LogP) is 9.86. The summed E-state index contributed by atoms with van der Waals surface area (Å²) in [5.74, 6) is -3.03. The fourth-order valence-electron chi connectivity index (χ4n) is 5.47. The Kier molecular flexibility index (Phi) is 20.5. The lowest BCUT2D eigenvalue weighted by Crippen LogP contribution is -2.14. The molecular formula is C49H46N4O5. The molecule has 1 aliphatic carbocycles. The standard InChI is InChI=1S/C11H11NO2.C11H9NO2.C10H11N.C9H7N.C8H8O/c2*1-8-4-2-3-5-9(8)6-10(7-12)11(13)14;1-9-5-2-3-6-10(9)7-4-8-11;10-6-8-5-7-3-1-2-4-9(7)8;1-7-4-2-3-5-8(7)6-9/h2-5,10H,6H2,1H3,(H,13,14);2-6H,1H3,(H,13,14);2-3,5-6H,4,7H2,1H3;1-4,8H,5H2;2-6H,1H3. The van der Waals surface area contributed by atoms with E-state index in [9.17, 15) is 14.4 Å². The van der Waals surface area contributed by atoms with Crippen molar-refractivity contribution in [2.45, 2.75) is 59.3 Å². The van der Waals surface area contributed by atoms with Crippen LogP contribution in [0.25, 0.3) is 6.08 Å². The van der Waals surface area contributed by atoms with E-state index in [0.29, 0.717) is 6.42 Å². The van der Waals surface area contributed by atoms with Crippen LogP contribution in [-0.4, -0.2) is 28.4 Å². The molecule has 5 aromatic rings. The summed E-state index contributed by atoms with van der Waals surface area (Å²) in [6.45, 7) is 7.77. The minimum Gasteiger partial charge on any atom is -0.480 e. The Morgan fingerprint density at radius 1 is 0.690 bits per heavy atom. The second kappa shape index (κ2) is 25.5.